The molecule has 1 amide bonds. The first kappa shape index (κ1) is 21.0. The summed E-state index contributed by atoms with van der Waals surface area (Å²) >= 11 is 12.1. The van der Waals surface area contributed by atoms with Gasteiger partial charge in [-0.15, -0.1) is 0 Å². The molecule has 30 heavy (non-hydrogen) atoms. The van der Waals surface area contributed by atoms with Crippen molar-refractivity contribution in [2.75, 3.05) is 51.7 Å². The number of aromatic amines is 1. The van der Waals surface area contributed by atoms with Crippen LogP contribution >= 0.6 is 23.2 Å². The standard InChI is InChI=1S/C22H24Cl2N4O2/c1-27-6-8-28(9-7-27)10-11-30-21-5-3-2-4-18(21)26-22(29)20-13-15-12-16(23)17(24)14-19(15)25-20/h2-5,12-14,25H,6-11H2,1H3,(H,26,29). The Morgan fingerprint density at radius 2 is 1.83 bits per heavy atom. The smallest absolute Gasteiger partial charge is 0.272 e. The summed E-state index contributed by atoms with van der Waals surface area (Å²) in [6, 6.07) is 12.7. The van der Waals surface area contributed by atoms with Crippen LogP contribution in [0.2, 0.25) is 10.0 Å². The van der Waals surface area contributed by atoms with Gasteiger partial charge in [0.1, 0.15) is 18.1 Å². The molecular weight excluding hydrogens is 423 g/mol. The quantitative estimate of drug-likeness (QED) is 0.590. The first-order valence-corrected chi connectivity index (χ1v) is 10.7. The fourth-order valence-corrected chi connectivity index (χ4v) is 3.83. The number of benzene rings is 2. The van der Waals surface area contributed by atoms with E-state index in [9.17, 15) is 4.79 Å². The first-order chi connectivity index (χ1) is 14.5. The normalized spacial score (nSPS) is 15.4. The van der Waals surface area contributed by atoms with E-state index in [0.29, 0.717) is 33.8 Å². The highest BCUT2D eigenvalue weighted by atomic mass is 35.5. The Balaban J connectivity index is 1.40. The lowest BCUT2D eigenvalue weighted by Crippen LogP contribution is -2.45. The molecule has 0 unspecified atom stereocenters. The molecule has 0 radical (unpaired) electrons. The Labute approximate surface area is 185 Å². The summed E-state index contributed by atoms with van der Waals surface area (Å²) in [5.41, 5.74) is 1.82. The predicted octanol–water partition coefficient (Wildman–Crippen LogP) is 4.35. The lowest BCUT2D eigenvalue weighted by Gasteiger charge is -2.32. The third-order valence-electron chi connectivity index (χ3n) is 5.30. The maximum absolute atomic E-state index is 12.8. The number of para-hydroxylation sites is 2. The van der Waals surface area contributed by atoms with Gasteiger partial charge in [-0.2, -0.15) is 0 Å². The summed E-state index contributed by atoms with van der Waals surface area (Å²) in [7, 11) is 2.14. The summed E-state index contributed by atoms with van der Waals surface area (Å²) in [6.45, 7) is 5.68. The molecule has 0 atom stereocenters. The monoisotopic (exact) mass is 446 g/mol. The van der Waals surface area contributed by atoms with Crippen LogP contribution < -0.4 is 10.1 Å². The number of hydrogen-bond donors (Lipinski definition) is 2. The van der Waals surface area contributed by atoms with Crippen LogP contribution in [0.25, 0.3) is 10.9 Å². The molecule has 2 aromatic carbocycles. The van der Waals surface area contributed by atoms with E-state index in [0.717, 1.165) is 43.6 Å². The van der Waals surface area contributed by atoms with Crippen LogP contribution in [0.1, 0.15) is 10.5 Å². The average molecular weight is 447 g/mol. The molecule has 0 spiro atoms. The Kier molecular flexibility index (Phi) is 6.49. The van der Waals surface area contributed by atoms with Crippen LogP contribution in [0.3, 0.4) is 0 Å². The highest BCUT2D eigenvalue weighted by molar-refractivity contribution is 6.42. The number of ether oxygens (including phenoxy) is 1. The Hall–Kier alpha value is -2.25. The molecule has 1 fully saturated rings. The van der Waals surface area contributed by atoms with Gasteiger partial charge in [-0.25, -0.2) is 0 Å². The van der Waals surface area contributed by atoms with E-state index in [4.69, 9.17) is 27.9 Å². The second kappa shape index (κ2) is 9.27. The molecule has 1 aromatic heterocycles. The van der Waals surface area contributed by atoms with Gasteiger partial charge in [-0.05, 0) is 37.4 Å². The predicted molar refractivity (Wildman–Crippen MR) is 122 cm³/mol. The maximum atomic E-state index is 12.8. The van der Waals surface area contributed by atoms with Crippen molar-refractivity contribution in [1.29, 1.82) is 0 Å². The van der Waals surface area contributed by atoms with E-state index in [1.807, 2.05) is 24.3 Å². The number of H-pyrrole nitrogens is 1. The minimum absolute atomic E-state index is 0.256. The zero-order valence-corrected chi connectivity index (χ0v) is 18.3. The van der Waals surface area contributed by atoms with Crippen molar-refractivity contribution in [2.24, 2.45) is 0 Å². The molecule has 158 valence electrons. The molecule has 1 aliphatic heterocycles. The van der Waals surface area contributed by atoms with Crippen LogP contribution in [0.4, 0.5) is 5.69 Å². The number of piperazine rings is 1. The van der Waals surface area contributed by atoms with Gasteiger partial charge in [0.05, 0.1) is 15.7 Å². The number of nitrogens with one attached hydrogen (secondary N) is 2. The van der Waals surface area contributed by atoms with E-state index in [1.165, 1.54) is 0 Å². The fraction of sp³-hybridized carbons (Fsp3) is 0.318. The van der Waals surface area contributed by atoms with Gasteiger partial charge < -0.3 is 19.9 Å². The molecular formula is C22H24Cl2N4O2. The summed E-state index contributed by atoms with van der Waals surface area (Å²) in [5, 5.41) is 4.65. The molecule has 0 bridgehead atoms. The number of rotatable bonds is 6. The van der Waals surface area contributed by atoms with Crippen molar-refractivity contribution in [3.8, 4) is 5.75 Å². The van der Waals surface area contributed by atoms with Crippen molar-refractivity contribution in [3.63, 3.8) is 0 Å². The van der Waals surface area contributed by atoms with Crippen molar-refractivity contribution < 1.29 is 9.53 Å². The van der Waals surface area contributed by atoms with Gasteiger partial charge in [-0.1, -0.05) is 35.3 Å². The van der Waals surface area contributed by atoms with E-state index < -0.39 is 0 Å². The van der Waals surface area contributed by atoms with E-state index in [1.54, 1.807) is 18.2 Å². The molecule has 6 nitrogen and oxygen atoms in total. The van der Waals surface area contributed by atoms with Crippen molar-refractivity contribution >= 4 is 45.7 Å². The summed E-state index contributed by atoms with van der Waals surface area (Å²) < 4.78 is 5.98. The number of halogens is 2. The van der Waals surface area contributed by atoms with Gasteiger partial charge in [0, 0.05) is 43.6 Å². The second-order valence-corrected chi connectivity index (χ2v) is 8.29. The maximum Gasteiger partial charge on any atom is 0.272 e. The molecule has 1 aliphatic rings. The van der Waals surface area contributed by atoms with Crippen molar-refractivity contribution in [3.05, 3.63) is 58.2 Å². The number of carbonyl (C=O) groups excluding carboxylic acids is 1. The minimum atomic E-state index is -0.256. The number of amides is 1. The third kappa shape index (κ3) is 4.90. The Bertz CT molecular complexity index is 1010. The molecule has 0 aliphatic carbocycles. The molecule has 2 heterocycles. The van der Waals surface area contributed by atoms with Gasteiger partial charge >= 0.3 is 0 Å². The minimum Gasteiger partial charge on any atom is -0.490 e. The van der Waals surface area contributed by atoms with Gasteiger partial charge in [-0.3, -0.25) is 9.69 Å². The summed E-state index contributed by atoms with van der Waals surface area (Å²) in [5.74, 6) is 0.399. The highest BCUT2D eigenvalue weighted by Crippen LogP contribution is 2.29. The van der Waals surface area contributed by atoms with Crippen LogP contribution in [-0.2, 0) is 0 Å². The topological polar surface area (TPSA) is 60.6 Å². The molecule has 3 aromatic rings. The molecule has 8 heteroatoms. The zero-order valence-electron chi connectivity index (χ0n) is 16.8. The van der Waals surface area contributed by atoms with E-state index in [-0.39, 0.29) is 5.91 Å². The number of anilines is 1. The molecule has 2 N–H and O–H groups in total. The summed E-state index contributed by atoms with van der Waals surface area (Å²) in [4.78, 5) is 20.6. The first-order valence-electron chi connectivity index (χ1n) is 9.91. The second-order valence-electron chi connectivity index (χ2n) is 7.48. The molecule has 0 saturated carbocycles. The lowest BCUT2D eigenvalue weighted by molar-refractivity contribution is 0.102. The molecule has 1 saturated heterocycles. The fourth-order valence-electron chi connectivity index (χ4n) is 3.49. The number of likely N-dealkylation sites (N-methyl/N-ethyl adjacent to an activating group) is 1. The van der Waals surface area contributed by atoms with Gasteiger partial charge in [0.25, 0.3) is 5.91 Å². The summed E-state index contributed by atoms with van der Waals surface area (Å²) in [6.07, 6.45) is 0. The zero-order chi connectivity index (χ0) is 21.1. The SMILES string of the molecule is CN1CCN(CCOc2ccccc2NC(=O)c2cc3cc(Cl)c(Cl)cc3[nH]2)CC1. The number of aromatic nitrogens is 1. The highest BCUT2D eigenvalue weighted by Gasteiger charge is 2.15. The van der Waals surface area contributed by atoms with E-state index in [2.05, 4.69) is 27.1 Å². The Morgan fingerprint density at radius 3 is 2.63 bits per heavy atom. The van der Waals surface area contributed by atoms with Crippen LogP contribution in [0.5, 0.6) is 5.75 Å². The van der Waals surface area contributed by atoms with Crippen molar-refractivity contribution in [1.82, 2.24) is 14.8 Å². The number of fused-ring (bicyclic) bond motifs is 1. The van der Waals surface area contributed by atoms with Gasteiger partial charge in [0.2, 0.25) is 0 Å². The number of hydrogen-bond acceptors (Lipinski definition) is 4. The van der Waals surface area contributed by atoms with Crippen LogP contribution in [0.15, 0.2) is 42.5 Å². The molecule has 4 rings (SSSR count). The largest absolute Gasteiger partial charge is 0.490 e. The number of carbonyl (C=O) groups is 1. The average Bonchev–Trinajstić information content (AvgIpc) is 3.14. The van der Waals surface area contributed by atoms with Crippen LogP contribution in [-0.4, -0.2) is 67.1 Å². The third-order valence-corrected chi connectivity index (χ3v) is 6.02. The number of nitrogens with zero attached hydrogens (tertiary/aromatic N) is 2. The van der Waals surface area contributed by atoms with Gasteiger partial charge in [0.15, 0.2) is 0 Å². The Morgan fingerprint density at radius 1 is 1.10 bits per heavy atom. The van der Waals surface area contributed by atoms with E-state index >= 15 is 0 Å². The van der Waals surface area contributed by atoms with Crippen molar-refractivity contribution in [2.45, 2.75) is 0 Å². The lowest BCUT2D eigenvalue weighted by atomic mass is 10.2. The van der Waals surface area contributed by atoms with Crippen LogP contribution in [0, 0.1) is 0 Å².